The first-order chi connectivity index (χ1) is 5.07. The zero-order valence-corrected chi connectivity index (χ0v) is 8.41. The summed E-state index contributed by atoms with van der Waals surface area (Å²) in [5, 5.41) is 0.811. The van der Waals surface area contributed by atoms with Crippen molar-refractivity contribution in [2.45, 2.75) is 33.6 Å². The molecule has 1 heteroatoms. The summed E-state index contributed by atoms with van der Waals surface area (Å²) in [6.07, 6.45) is 4.00. The maximum atomic E-state index is 5.86. The van der Waals surface area contributed by atoms with E-state index in [1.807, 2.05) is 0 Å². The van der Waals surface area contributed by atoms with Crippen molar-refractivity contribution in [3.8, 4) is 0 Å². The summed E-state index contributed by atoms with van der Waals surface area (Å²) in [7, 11) is 0. The summed E-state index contributed by atoms with van der Waals surface area (Å²) >= 11 is 5.86. The standard InChI is InChI=1S/C10H17Cl/c1-5-10(11)9(4)7-6-8(2)3/h5,8H,1,6-7H2,2-4H3/b10-9-. The van der Waals surface area contributed by atoms with Gasteiger partial charge < -0.3 is 0 Å². The van der Waals surface area contributed by atoms with Gasteiger partial charge in [0.15, 0.2) is 0 Å². The Balaban J connectivity index is 3.85. The van der Waals surface area contributed by atoms with Gasteiger partial charge in [0, 0.05) is 5.03 Å². The fraction of sp³-hybridized carbons (Fsp3) is 0.600. The zero-order chi connectivity index (χ0) is 8.85. The Bertz CT molecular complexity index is 154. The molecule has 0 aromatic carbocycles. The second kappa shape index (κ2) is 5.42. The van der Waals surface area contributed by atoms with E-state index in [0.29, 0.717) is 0 Å². The van der Waals surface area contributed by atoms with Crippen molar-refractivity contribution in [2.24, 2.45) is 5.92 Å². The third-order valence-corrected chi connectivity index (χ3v) is 2.16. The van der Waals surface area contributed by atoms with Gasteiger partial charge in [0.2, 0.25) is 0 Å². The third kappa shape index (κ3) is 5.09. The van der Waals surface area contributed by atoms with Crippen LogP contribution >= 0.6 is 11.6 Å². The molecule has 64 valence electrons. The van der Waals surface area contributed by atoms with E-state index in [9.17, 15) is 0 Å². The summed E-state index contributed by atoms with van der Waals surface area (Å²) in [5.74, 6) is 0.749. The first-order valence-corrected chi connectivity index (χ1v) is 4.43. The van der Waals surface area contributed by atoms with Crippen molar-refractivity contribution in [1.82, 2.24) is 0 Å². The number of allylic oxidation sites excluding steroid dienone is 3. The van der Waals surface area contributed by atoms with Crippen LogP contribution in [0.4, 0.5) is 0 Å². The molecule has 0 rings (SSSR count). The van der Waals surface area contributed by atoms with E-state index in [4.69, 9.17) is 11.6 Å². The summed E-state index contributed by atoms with van der Waals surface area (Å²) < 4.78 is 0. The monoisotopic (exact) mass is 172 g/mol. The molecular weight excluding hydrogens is 156 g/mol. The second-order valence-electron chi connectivity index (χ2n) is 3.26. The molecule has 0 aromatic heterocycles. The predicted molar refractivity (Wildman–Crippen MR) is 52.8 cm³/mol. The van der Waals surface area contributed by atoms with Crippen LogP contribution in [-0.2, 0) is 0 Å². The summed E-state index contributed by atoms with van der Waals surface area (Å²) in [6.45, 7) is 10.1. The topological polar surface area (TPSA) is 0 Å². The Morgan fingerprint density at radius 2 is 2.09 bits per heavy atom. The average molecular weight is 173 g/mol. The average Bonchev–Trinajstić information content (AvgIpc) is 1.98. The zero-order valence-electron chi connectivity index (χ0n) is 7.65. The molecular formula is C10H17Cl. The minimum absolute atomic E-state index is 0.749. The van der Waals surface area contributed by atoms with E-state index in [2.05, 4.69) is 27.4 Å². The lowest BCUT2D eigenvalue weighted by Crippen LogP contribution is -1.88. The summed E-state index contributed by atoms with van der Waals surface area (Å²) in [6, 6.07) is 0. The lowest BCUT2D eigenvalue weighted by molar-refractivity contribution is 0.584. The highest BCUT2D eigenvalue weighted by atomic mass is 35.5. The minimum Gasteiger partial charge on any atom is -0.0976 e. The molecule has 0 spiro atoms. The van der Waals surface area contributed by atoms with Crippen molar-refractivity contribution in [3.05, 3.63) is 23.3 Å². The molecule has 0 fully saturated rings. The molecule has 0 amide bonds. The second-order valence-corrected chi connectivity index (χ2v) is 3.67. The van der Waals surface area contributed by atoms with Gasteiger partial charge in [0.05, 0.1) is 0 Å². The molecule has 0 saturated heterocycles. The fourth-order valence-electron chi connectivity index (χ4n) is 0.799. The van der Waals surface area contributed by atoms with Gasteiger partial charge in [-0.3, -0.25) is 0 Å². The summed E-state index contributed by atoms with van der Waals surface area (Å²) in [4.78, 5) is 0. The highest BCUT2D eigenvalue weighted by Crippen LogP contribution is 2.17. The van der Waals surface area contributed by atoms with Gasteiger partial charge in [0.1, 0.15) is 0 Å². The molecule has 0 aliphatic carbocycles. The Morgan fingerprint density at radius 1 is 1.55 bits per heavy atom. The first kappa shape index (κ1) is 10.8. The maximum Gasteiger partial charge on any atom is 0.0389 e. The van der Waals surface area contributed by atoms with Gasteiger partial charge in [-0.2, -0.15) is 0 Å². The maximum absolute atomic E-state index is 5.86. The number of hydrogen-bond donors (Lipinski definition) is 0. The molecule has 0 N–H and O–H groups in total. The molecule has 0 unspecified atom stereocenters. The predicted octanol–water partition coefficient (Wildman–Crippen LogP) is 4.12. The molecule has 11 heavy (non-hydrogen) atoms. The highest BCUT2D eigenvalue weighted by molar-refractivity contribution is 6.31. The van der Waals surface area contributed by atoms with Crippen LogP contribution in [0.25, 0.3) is 0 Å². The van der Waals surface area contributed by atoms with Gasteiger partial charge in [0.25, 0.3) is 0 Å². The van der Waals surface area contributed by atoms with E-state index < -0.39 is 0 Å². The first-order valence-electron chi connectivity index (χ1n) is 4.05. The largest absolute Gasteiger partial charge is 0.0976 e. The van der Waals surface area contributed by atoms with Gasteiger partial charge in [-0.25, -0.2) is 0 Å². The van der Waals surface area contributed by atoms with Crippen molar-refractivity contribution in [1.29, 1.82) is 0 Å². The van der Waals surface area contributed by atoms with Gasteiger partial charge in [-0.15, -0.1) is 0 Å². The molecule has 0 aliphatic rings. The number of halogens is 1. The molecule has 0 aliphatic heterocycles. The van der Waals surface area contributed by atoms with Crippen LogP contribution in [0.15, 0.2) is 23.3 Å². The molecule has 0 nitrogen and oxygen atoms in total. The van der Waals surface area contributed by atoms with Crippen LogP contribution in [0.3, 0.4) is 0 Å². The van der Waals surface area contributed by atoms with Crippen LogP contribution in [0.1, 0.15) is 33.6 Å². The van der Waals surface area contributed by atoms with Crippen LogP contribution in [-0.4, -0.2) is 0 Å². The van der Waals surface area contributed by atoms with Gasteiger partial charge >= 0.3 is 0 Å². The quantitative estimate of drug-likeness (QED) is 0.560. The van der Waals surface area contributed by atoms with E-state index in [-0.39, 0.29) is 0 Å². The normalized spacial score (nSPS) is 13.2. The highest BCUT2D eigenvalue weighted by Gasteiger charge is 1.98. The fourth-order valence-corrected chi connectivity index (χ4v) is 0.893. The van der Waals surface area contributed by atoms with E-state index in [1.54, 1.807) is 6.08 Å². The van der Waals surface area contributed by atoms with Crippen molar-refractivity contribution in [2.75, 3.05) is 0 Å². The smallest absolute Gasteiger partial charge is 0.0389 e. The lowest BCUT2D eigenvalue weighted by Gasteiger charge is -2.05. The van der Waals surface area contributed by atoms with E-state index >= 15 is 0 Å². The van der Waals surface area contributed by atoms with Crippen molar-refractivity contribution < 1.29 is 0 Å². The molecule has 0 aromatic rings. The summed E-state index contributed by atoms with van der Waals surface area (Å²) in [5.41, 5.74) is 1.25. The van der Waals surface area contributed by atoms with Gasteiger partial charge in [-0.05, 0) is 25.7 Å². The SMILES string of the molecule is C=C/C(Cl)=C(\C)CCC(C)C. The molecule has 0 saturated carbocycles. The van der Waals surface area contributed by atoms with Crippen molar-refractivity contribution >= 4 is 11.6 Å². The van der Waals surface area contributed by atoms with Crippen molar-refractivity contribution in [3.63, 3.8) is 0 Å². The van der Waals surface area contributed by atoms with E-state index in [0.717, 1.165) is 17.4 Å². The molecule has 0 heterocycles. The lowest BCUT2D eigenvalue weighted by atomic mass is 10.0. The Morgan fingerprint density at radius 3 is 2.45 bits per heavy atom. The van der Waals surface area contributed by atoms with E-state index in [1.165, 1.54) is 12.0 Å². The Kier molecular flexibility index (Phi) is 5.31. The Labute approximate surface area is 74.9 Å². The Hall–Kier alpha value is -0.230. The van der Waals surface area contributed by atoms with Crippen LogP contribution in [0.5, 0.6) is 0 Å². The number of hydrogen-bond acceptors (Lipinski definition) is 0. The van der Waals surface area contributed by atoms with Crippen LogP contribution < -0.4 is 0 Å². The minimum atomic E-state index is 0.749. The molecule has 0 radical (unpaired) electrons. The van der Waals surface area contributed by atoms with Crippen LogP contribution in [0, 0.1) is 5.92 Å². The van der Waals surface area contributed by atoms with Gasteiger partial charge in [-0.1, -0.05) is 43.7 Å². The number of rotatable bonds is 4. The molecule has 0 bridgehead atoms. The molecule has 0 atom stereocenters. The van der Waals surface area contributed by atoms with Crippen LogP contribution in [0.2, 0.25) is 0 Å². The third-order valence-electron chi connectivity index (χ3n) is 1.68.